The largest absolute Gasteiger partial charge is 0.394 e. The fraction of sp³-hybridized carbons (Fsp3) is 0.421. The van der Waals surface area contributed by atoms with Crippen LogP contribution in [0.5, 0.6) is 0 Å². The molecule has 0 bridgehead atoms. The maximum Gasteiger partial charge on any atom is 0.251 e. The summed E-state index contributed by atoms with van der Waals surface area (Å²) in [7, 11) is 0. The van der Waals surface area contributed by atoms with Crippen molar-refractivity contribution in [3.8, 4) is 0 Å². The number of rotatable bonds is 7. The lowest BCUT2D eigenvalue weighted by molar-refractivity contribution is -0.131. The van der Waals surface area contributed by atoms with Gasteiger partial charge in [0.15, 0.2) is 0 Å². The Labute approximate surface area is 162 Å². The average Bonchev–Trinajstić information content (AvgIpc) is 2.74. The molecule has 9 nitrogen and oxygen atoms in total. The van der Waals surface area contributed by atoms with Crippen molar-refractivity contribution in [1.82, 2.24) is 25.6 Å². The predicted molar refractivity (Wildman–Crippen MR) is 99.0 cm³/mol. The fourth-order valence-corrected chi connectivity index (χ4v) is 3.09. The van der Waals surface area contributed by atoms with Crippen LogP contribution >= 0.6 is 0 Å². The normalized spacial score (nSPS) is 21.7. The molecule has 2 aromatic heterocycles. The van der Waals surface area contributed by atoms with Crippen molar-refractivity contribution >= 4 is 11.8 Å². The topological polar surface area (TPSA) is 126 Å². The maximum absolute atomic E-state index is 12.3. The van der Waals surface area contributed by atoms with Crippen LogP contribution in [0, 0.1) is 0 Å². The zero-order valence-corrected chi connectivity index (χ0v) is 15.3. The first kappa shape index (κ1) is 19.8. The number of pyridine rings is 1. The second-order valence-corrected chi connectivity index (χ2v) is 6.55. The van der Waals surface area contributed by atoms with Crippen LogP contribution in [-0.4, -0.2) is 56.7 Å². The molecular formula is C19H23N5O4. The van der Waals surface area contributed by atoms with Crippen LogP contribution in [-0.2, 0) is 16.1 Å². The number of aliphatic hydroxyl groups excluding tert-OH is 1. The highest BCUT2D eigenvalue weighted by atomic mass is 16.5. The summed E-state index contributed by atoms with van der Waals surface area (Å²) in [6.45, 7) is 0.0858. The number of hydrogen-bond donors (Lipinski definition) is 3. The van der Waals surface area contributed by atoms with Crippen LogP contribution in [0.3, 0.4) is 0 Å². The molecule has 1 aliphatic heterocycles. The minimum Gasteiger partial charge on any atom is -0.394 e. The van der Waals surface area contributed by atoms with Gasteiger partial charge in [0.1, 0.15) is 12.4 Å². The third kappa shape index (κ3) is 5.54. The Bertz CT molecular complexity index is 774. The van der Waals surface area contributed by atoms with Crippen molar-refractivity contribution < 1.29 is 19.4 Å². The molecule has 3 heterocycles. The van der Waals surface area contributed by atoms with Crippen LogP contribution in [0.4, 0.5) is 0 Å². The van der Waals surface area contributed by atoms with Gasteiger partial charge in [0.2, 0.25) is 5.91 Å². The van der Waals surface area contributed by atoms with E-state index < -0.39 is 6.10 Å². The molecule has 2 amide bonds. The molecule has 3 N–H and O–H groups in total. The zero-order chi connectivity index (χ0) is 19.8. The van der Waals surface area contributed by atoms with E-state index in [1.165, 1.54) is 6.33 Å². The Morgan fingerprint density at radius 1 is 1.14 bits per heavy atom. The minimum atomic E-state index is -0.556. The lowest BCUT2D eigenvalue weighted by atomic mass is 9.96. The summed E-state index contributed by atoms with van der Waals surface area (Å²) in [6.07, 6.45) is 6.69. The van der Waals surface area contributed by atoms with E-state index in [2.05, 4.69) is 25.6 Å². The summed E-state index contributed by atoms with van der Waals surface area (Å²) in [6, 6.07) is 4.66. The second kappa shape index (κ2) is 9.86. The van der Waals surface area contributed by atoms with Gasteiger partial charge in [-0.1, -0.05) is 0 Å². The molecule has 0 aromatic carbocycles. The van der Waals surface area contributed by atoms with Gasteiger partial charge in [-0.05, 0) is 31.0 Å². The smallest absolute Gasteiger partial charge is 0.251 e. The van der Waals surface area contributed by atoms with Crippen molar-refractivity contribution in [2.45, 2.75) is 44.1 Å². The summed E-state index contributed by atoms with van der Waals surface area (Å²) in [5.74, 6) is -0.393. The molecule has 0 aliphatic carbocycles. The minimum absolute atomic E-state index is 0.153. The maximum atomic E-state index is 12.3. The summed E-state index contributed by atoms with van der Waals surface area (Å²) in [5.41, 5.74) is 1.22. The van der Waals surface area contributed by atoms with Gasteiger partial charge in [-0.2, -0.15) is 0 Å². The third-order valence-corrected chi connectivity index (χ3v) is 4.58. The molecule has 0 saturated carbocycles. The zero-order valence-electron chi connectivity index (χ0n) is 15.3. The van der Waals surface area contributed by atoms with Gasteiger partial charge in [0, 0.05) is 24.2 Å². The number of hydrogen-bond acceptors (Lipinski definition) is 7. The van der Waals surface area contributed by atoms with Crippen LogP contribution < -0.4 is 10.6 Å². The van der Waals surface area contributed by atoms with Crippen molar-refractivity contribution in [3.63, 3.8) is 0 Å². The monoisotopic (exact) mass is 385 g/mol. The molecule has 0 spiro atoms. The van der Waals surface area contributed by atoms with E-state index in [1.54, 1.807) is 36.8 Å². The summed E-state index contributed by atoms with van der Waals surface area (Å²) >= 11 is 0. The van der Waals surface area contributed by atoms with Crippen LogP contribution in [0.15, 0.2) is 43.1 Å². The molecule has 1 fully saturated rings. The van der Waals surface area contributed by atoms with Crippen molar-refractivity contribution in [3.05, 3.63) is 54.4 Å². The van der Waals surface area contributed by atoms with Crippen molar-refractivity contribution in [2.75, 3.05) is 6.61 Å². The first-order valence-electron chi connectivity index (χ1n) is 9.14. The molecule has 1 saturated heterocycles. The summed E-state index contributed by atoms with van der Waals surface area (Å²) < 4.78 is 5.84. The number of aliphatic hydroxyl groups is 1. The Kier molecular flexibility index (Phi) is 6.99. The standard InChI is InChI=1S/C19H23N5O4/c25-11-17-16(24-19(27)13-3-6-20-7-4-13)2-1-15(28-17)9-18(26)22-10-14-5-8-21-12-23-14/h3-8,12,15-17,25H,1-2,9-11H2,(H,22,26)(H,24,27)/t15-,16+,17+/m0/s1. The Morgan fingerprint density at radius 2 is 1.93 bits per heavy atom. The molecule has 0 unspecified atom stereocenters. The van der Waals surface area contributed by atoms with E-state index in [4.69, 9.17) is 4.74 Å². The van der Waals surface area contributed by atoms with Crippen molar-refractivity contribution in [1.29, 1.82) is 0 Å². The van der Waals surface area contributed by atoms with Crippen LogP contribution in [0.25, 0.3) is 0 Å². The van der Waals surface area contributed by atoms with E-state index in [9.17, 15) is 14.7 Å². The SMILES string of the molecule is O=C(C[C@@H]1CC[C@@H](NC(=O)c2ccncc2)[C@@H](CO)O1)NCc1ccncn1. The lowest BCUT2D eigenvalue weighted by Crippen LogP contribution is -2.51. The van der Waals surface area contributed by atoms with Gasteiger partial charge < -0.3 is 20.5 Å². The molecule has 3 atom stereocenters. The molecule has 2 aromatic rings. The fourth-order valence-electron chi connectivity index (χ4n) is 3.09. The van der Waals surface area contributed by atoms with E-state index in [-0.39, 0.29) is 37.0 Å². The van der Waals surface area contributed by atoms with Crippen molar-refractivity contribution in [2.24, 2.45) is 0 Å². The first-order valence-corrected chi connectivity index (χ1v) is 9.14. The Balaban J connectivity index is 1.47. The highest BCUT2D eigenvalue weighted by molar-refractivity contribution is 5.94. The van der Waals surface area contributed by atoms with Gasteiger partial charge >= 0.3 is 0 Å². The Hall–Kier alpha value is -2.91. The van der Waals surface area contributed by atoms with E-state index in [0.717, 1.165) is 5.69 Å². The highest BCUT2D eigenvalue weighted by Crippen LogP contribution is 2.22. The molecule has 28 heavy (non-hydrogen) atoms. The number of amides is 2. The number of carbonyl (C=O) groups excluding carboxylic acids is 2. The van der Waals surface area contributed by atoms with E-state index in [1.807, 2.05) is 0 Å². The van der Waals surface area contributed by atoms with E-state index >= 15 is 0 Å². The second-order valence-electron chi connectivity index (χ2n) is 6.55. The third-order valence-electron chi connectivity index (χ3n) is 4.58. The number of nitrogens with zero attached hydrogens (tertiary/aromatic N) is 3. The van der Waals surface area contributed by atoms with E-state index in [0.29, 0.717) is 24.9 Å². The lowest BCUT2D eigenvalue weighted by Gasteiger charge is -2.36. The van der Waals surface area contributed by atoms with Gasteiger partial charge in [-0.25, -0.2) is 9.97 Å². The molecule has 0 radical (unpaired) electrons. The molecule has 9 heteroatoms. The number of ether oxygens (including phenoxy) is 1. The molecule has 3 rings (SSSR count). The highest BCUT2D eigenvalue weighted by Gasteiger charge is 2.33. The predicted octanol–water partition coefficient (Wildman–Crippen LogP) is 0.216. The van der Waals surface area contributed by atoms with Crippen LogP contribution in [0.2, 0.25) is 0 Å². The van der Waals surface area contributed by atoms with Gasteiger partial charge in [-0.15, -0.1) is 0 Å². The average molecular weight is 385 g/mol. The summed E-state index contributed by atoms with van der Waals surface area (Å²) in [5, 5.41) is 15.3. The Morgan fingerprint density at radius 3 is 2.64 bits per heavy atom. The summed E-state index contributed by atoms with van der Waals surface area (Å²) in [4.78, 5) is 36.2. The van der Waals surface area contributed by atoms with Gasteiger partial charge in [0.25, 0.3) is 5.91 Å². The molecular weight excluding hydrogens is 362 g/mol. The first-order chi connectivity index (χ1) is 13.7. The number of carbonyl (C=O) groups is 2. The van der Waals surface area contributed by atoms with Gasteiger partial charge in [-0.3, -0.25) is 14.6 Å². The van der Waals surface area contributed by atoms with Gasteiger partial charge in [0.05, 0.1) is 37.4 Å². The number of aromatic nitrogens is 3. The quantitative estimate of drug-likeness (QED) is 0.622. The molecule has 148 valence electrons. The molecule has 1 aliphatic rings. The van der Waals surface area contributed by atoms with Crippen LogP contribution in [0.1, 0.15) is 35.3 Å². The number of nitrogens with one attached hydrogen (secondary N) is 2.